The molecule has 0 fully saturated rings. The molecule has 1 aromatic heterocycles. The first-order chi connectivity index (χ1) is 10.8. The first-order valence-corrected chi connectivity index (χ1v) is 8.00. The normalized spacial score (nSPS) is 11.3. The van der Waals surface area contributed by atoms with Gasteiger partial charge in [0.25, 0.3) is 0 Å². The third-order valence-electron chi connectivity index (χ3n) is 3.24. The number of aryl methyl sites for hydroxylation is 1. The van der Waals surface area contributed by atoms with E-state index >= 15 is 0 Å². The monoisotopic (exact) mass is 337 g/mol. The number of nitrogens with zero attached hydrogens (tertiary/aromatic N) is 1. The summed E-state index contributed by atoms with van der Waals surface area (Å²) in [6.07, 6.45) is 2.22. The largest absolute Gasteiger partial charge is 0.394 e. The zero-order valence-electron chi connectivity index (χ0n) is 13.3. The fraction of sp³-hybridized carbons (Fsp3) is 0.375. The number of hydrogen-bond donors (Lipinski definition) is 3. The Morgan fingerprint density at radius 1 is 1.43 bits per heavy atom. The Balaban J connectivity index is 1.97. The van der Waals surface area contributed by atoms with Crippen molar-refractivity contribution in [2.75, 3.05) is 11.9 Å². The van der Waals surface area contributed by atoms with E-state index in [2.05, 4.69) is 15.6 Å². The van der Waals surface area contributed by atoms with E-state index in [-0.39, 0.29) is 12.4 Å². The highest BCUT2D eigenvalue weighted by molar-refractivity contribution is 7.15. The highest BCUT2D eigenvalue weighted by Gasteiger charge is 2.19. The molecule has 0 spiro atoms. The van der Waals surface area contributed by atoms with E-state index in [1.807, 2.05) is 6.07 Å². The summed E-state index contributed by atoms with van der Waals surface area (Å²) in [5.41, 5.74) is 0.765. The maximum atomic E-state index is 13.6. The van der Waals surface area contributed by atoms with Crippen LogP contribution in [-0.4, -0.2) is 28.3 Å². The molecule has 124 valence electrons. The van der Waals surface area contributed by atoms with E-state index in [0.29, 0.717) is 17.1 Å². The van der Waals surface area contributed by atoms with E-state index in [9.17, 15) is 9.18 Å². The van der Waals surface area contributed by atoms with Crippen LogP contribution >= 0.6 is 11.3 Å². The van der Waals surface area contributed by atoms with Gasteiger partial charge in [-0.1, -0.05) is 12.1 Å². The number of hydrogen-bond acceptors (Lipinski definition) is 4. The molecule has 0 atom stereocenters. The number of nitrogens with one attached hydrogen (secondary N) is 2. The number of amides is 2. The number of anilines is 1. The number of carbonyl (C=O) groups excluding carboxylic acids is 1. The van der Waals surface area contributed by atoms with Gasteiger partial charge in [-0.3, -0.25) is 5.32 Å². The lowest BCUT2D eigenvalue weighted by Crippen LogP contribution is -2.48. The quantitative estimate of drug-likeness (QED) is 0.785. The molecular formula is C16H20FN3O2S. The number of aliphatic hydroxyl groups excluding tert-OH is 1. The third kappa shape index (κ3) is 5.01. The number of halogens is 1. The van der Waals surface area contributed by atoms with Gasteiger partial charge >= 0.3 is 6.03 Å². The Labute approximate surface area is 138 Å². The minimum absolute atomic E-state index is 0.164. The molecule has 7 heteroatoms. The molecule has 0 saturated heterocycles. The number of aromatic nitrogens is 1. The van der Waals surface area contributed by atoms with E-state index in [1.54, 1.807) is 33.0 Å². The van der Waals surface area contributed by atoms with Crippen molar-refractivity contribution >= 4 is 22.5 Å². The standard InChI is InChI=1S/C16H20FN3O2S/c1-10-4-5-11(7-13(10)17)6-12-8-18-15(23-12)19-14(22)20-16(2,3)9-21/h4-5,7-8,21H,6,9H2,1-3H3,(H2,18,19,20,22). The third-order valence-corrected chi connectivity index (χ3v) is 4.15. The summed E-state index contributed by atoms with van der Waals surface area (Å²) < 4.78 is 13.6. The molecular weight excluding hydrogens is 317 g/mol. The first kappa shape index (κ1) is 17.4. The summed E-state index contributed by atoms with van der Waals surface area (Å²) in [6.45, 7) is 4.99. The molecule has 1 aromatic carbocycles. The van der Waals surface area contributed by atoms with Gasteiger partial charge in [0.2, 0.25) is 0 Å². The Morgan fingerprint density at radius 2 is 2.17 bits per heavy atom. The van der Waals surface area contributed by atoms with Crippen LogP contribution in [0.15, 0.2) is 24.4 Å². The van der Waals surface area contributed by atoms with Gasteiger partial charge in [0, 0.05) is 17.5 Å². The average molecular weight is 337 g/mol. The SMILES string of the molecule is Cc1ccc(Cc2cnc(NC(=O)NC(C)(C)CO)s2)cc1F. The van der Waals surface area contributed by atoms with Crippen molar-refractivity contribution in [3.63, 3.8) is 0 Å². The Hall–Kier alpha value is -1.99. The summed E-state index contributed by atoms with van der Waals surface area (Å²) >= 11 is 1.33. The lowest BCUT2D eigenvalue weighted by molar-refractivity contribution is 0.187. The zero-order valence-corrected chi connectivity index (χ0v) is 14.1. The summed E-state index contributed by atoms with van der Waals surface area (Å²) in [5, 5.41) is 14.9. The minimum Gasteiger partial charge on any atom is -0.394 e. The molecule has 23 heavy (non-hydrogen) atoms. The number of urea groups is 1. The molecule has 2 amide bonds. The van der Waals surface area contributed by atoms with Gasteiger partial charge in [-0.2, -0.15) is 0 Å². The Bertz CT molecular complexity index is 700. The van der Waals surface area contributed by atoms with Crippen molar-refractivity contribution in [3.05, 3.63) is 46.2 Å². The van der Waals surface area contributed by atoms with Crippen LogP contribution in [0.5, 0.6) is 0 Å². The van der Waals surface area contributed by atoms with Crippen molar-refractivity contribution in [3.8, 4) is 0 Å². The van der Waals surface area contributed by atoms with Crippen LogP contribution < -0.4 is 10.6 Å². The van der Waals surface area contributed by atoms with Crippen LogP contribution in [-0.2, 0) is 6.42 Å². The molecule has 0 radical (unpaired) electrons. The predicted octanol–water partition coefficient (Wildman–Crippen LogP) is 3.07. The van der Waals surface area contributed by atoms with Crippen LogP contribution in [0.25, 0.3) is 0 Å². The van der Waals surface area contributed by atoms with Gasteiger partial charge < -0.3 is 10.4 Å². The molecule has 1 heterocycles. The number of thiazole rings is 1. The molecule has 0 aliphatic carbocycles. The van der Waals surface area contributed by atoms with Gasteiger partial charge in [-0.15, -0.1) is 11.3 Å². The van der Waals surface area contributed by atoms with E-state index in [4.69, 9.17) is 5.11 Å². The van der Waals surface area contributed by atoms with Crippen LogP contribution in [0.2, 0.25) is 0 Å². The van der Waals surface area contributed by atoms with Crippen molar-refractivity contribution < 1.29 is 14.3 Å². The van der Waals surface area contributed by atoms with Crippen molar-refractivity contribution in [1.29, 1.82) is 0 Å². The van der Waals surface area contributed by atoms with E-state index in [1.165, 1.54) is 17.4 Å². The molecule has 0 bridgehead atoms. The summed E-state index contributed by atoms with van der Waals surface area (Å²) in [5.74, 6) is -0.226. The zero-order chi connectivity index (χ0) is 17.0. The summed E-state index contributed by atoms with van der Waals surface area (Å²) in [7, 11) is 0. The number of aliphatic hydroxyl groups is 1. The summed E-state index contributed by atoms with van der Waals surface area (Å²) in [4.78, 5) is 16.9. The van der Waals surface area contributed by atoms with Crippen molar-refractivity contribution in [2.45, 2.75) is 32.7 Å². The van der Waals surface area contributed by atoms with Crippen molar-refractivity contribution in [2.24, 2.45) is 0 Å². The molecule has 0 unspecified atom stereocenters. The number of rotatable bonds is 5. The Morgan fingerprint density at radius 3 is 2.83 bits per heavy atom. The van der Waals surface area contributed by atoms with Gasteiger partial charge in [0.15, 0.2) is 5.13 Å². The topological polar surface area (TPSA) is 74.2 Å². The second kappa shape index (κ2) is 7.06. The minimum atomic E-state index is -0.705. The summed E-state index contributed by atoms with van der Waals surface area (Å²) in [6, 6.07) is 4.71. The predicted molar refractivity (Wildman–Crippen MR) is 89.4 cm³/mol. The molecule has 2 aromatic rings. The second-order valence-corrected chi connectivity index (χ2v) is 7.13. The maximum Gasteiger partial charge on any atom is 0.321 e. The van der Waals surface area contributed by atoms with E-state index in [0.717, 1.165) is 10.4 Å². The highest BCUT2D eigenvalue weighted by atomic mass is 32.1. The molecule has 0 saturated carbocycles. The van der Waals surface area contributed by atoms with Crippen molar-refractivity contribution in [1.82, 2.24) is 10.3 Å². The Kier molecular flexibility index (Phi) is 5.33. The molecule has 0 aliphatic heterocycles. The molecule has 2 rings (SSSR count). The molecule has 3 N–H and O–H groups in total. The van der Waals surface area contributed by atoms with Gasteiger partial charge in [0.05, 0.1) is 12.1 Å². The van der Waals surface area contributed by atoms with Gasteiger partial charge in [0.1, 0.15) is 5.82 Å². The highest BCUT2D eigenvalue weighted by Crippen LogP contribution is 2.22. The maximum absolute atomic E-state index is 13.6. The number of carbonyl (C=O) groups is 1. The molecule has 5 nitrogen and oxygen atoms in total. The fourth-order valence-electron chi connectivity index (χ4n) is 1.87. The number of benzene rings is 1. The van der Waals surface area contributed by atoms with E-state index < -0.39 is 11.6 Å². The van der Waals surface area contributed by atoms with Gasteiger partial charge in [-0.25, -0.2) is 14.2 Å². The van der Waals surface area contributed by atoms with Crippen LogP contribution in [0.3, 0.4) is 0 Å². The van der Waals surface area contributed by atoms with Crippen LogP contribution in [0, 0.1) is 12.7 Å². The fourth-order valence-corrected chi connectivity index (χ4v) is 2.71. The van der Waals surface area contributed by atoms with Gasteiger partial charge in [-0.05, 0) is 38.0 Å². The lowest BCUT2D eigenvalue weighted by Gasteiger charge is -2.23. The smallest absolute Gasteiger partial charge is 0.321 e. The van der Waals surface area contributed by atoms with Crippen LogP contribution in [0.1, 0.15) is 29.9 Å². The first-order valence-electron chi connectivity index (χ1n) is 7.19. The lowest BCUT2D eigenvalue weighted by atomic mass is 10.1. The molecule has 0 aliphatic rings. The second-order valence-electron chi connectivity index (χ2n) is 6.01. The van der Waals surface area contributed by atoms with Crippen LogP contribution in [0.4, 0.5) is 14.3 Å². The average Bonchev–Trinajstić information content (AvgIpc) is 2.89.